The first kappa shape index (κ1) is 13.7. The average Bonchev–Trinajstić information content (AvgIpc) is 2.36. The number of hydrogen-bond acceptors (Lipinski definition) is 3. The summed E-state index contributed by atoms with van der Waals surface area (Å²) in [5.41, 5.74) is 6.25. The van der Waals surface area contributed by atoms with Crippen molar-refractivity contribution in [3.8, 4) is 11.5 Å². The zero-order valence-corrected chi connectivity index (χ0v) is 11.7. The van der Waals surface area contributed by atoms with E-state index in [1.807, 2.05) is 0 Å². The highest BCUT2D eigenvalue weighted by atomic mass is 79.9. The topological polar surface area (TPSA) is 44.5 Å². The zero-order chi connectivity index (χ0) is 13.7. The molecule has 0 saturated heterocycles. The van der Waals surface area contributed by atoms with E-state index in [1.165, 1.54) is 12.1 Å². The van der Waals surface area contributed by atoms with Gasteiger partial charge in [0, 0.05) is 16.2 Å². The first-order valence-corrected chi connectivity index (χ1v) is 6.50. The van der Waals surface area contributed by atoms with E-state index in [0.717, 1.165) is 5.75 Å². The third-order valence-corrected chi connectivity index (χ3v) is 2.79. The Labute approximate surface area is 119 Å². The maximum Gasteiger partial charge on any atom is 0.128 e. The number of hydrogen-bond donors (Lipinski definition) is 1. The van der Waals surface area contributed by atoms with Gasteiger partial charge >= 0.3 is 0 Å². The molecule has 0 heterocycles. The Morgan fingerprint density at radius 2 is 1.58 bits per heavy atom. The minimum Gasteiger partial charge on any atom is -0.490 e. The predicted molar refractivity (Wildman–Crippen MR) is 75.9 cm³/mol. The minimum absolute atomic E-state index is 0.334. The number of halogens is 2. The molecule has 0 aliphatic heterocycles. The molecule has 0 spiro atoms. The van der Waals surface area contributed by atoms with Gasteiger partial charge in [0.25, 0.3) is 0 Å². The second-order valence-electron chi connectivity index (χ2n) is 3.87. The van der Waals surface area contributed by atoms with Gasteiger partial charge in [-0.2, -0.15) is 0 Å². The smallest absolute Gasteiger partial charge is 0.128 e. The standard InChI is InChI=1S/C14H13BrFNO2/c15-10-7-11(16)9-14(8-10)19-6-5-18-13-3-1-12(17)2-4-13/h1-4,7-9H,5-6,17H2. The molecule has 0 bridgehead atoms. The van der Waals surface area contributed by atoms with Crippen LogP contribution in [0.5, 0.6) is 11.5 Å². The van der Waals surface area contributed by atoms with Gasteiger partial charge in [-0.15, -0.1) is 0 Å². The molecule has 2 rings (SSSR count). The van der Waals surface area contributed by atoms with Crippen LogP contribution in [0.1, 0.15) is 0 Å². The molecule has 3 nitrogen and oxygen atoms in total. The third-order valence-electron chi connectivity index (χ3n) is 2.34. The summed E-state index contributed by atoms with van der Waals surface area (Å²) in [5.74, 6) is 0.842. The normalized spacial score (nSPS) is 10.2. The van der Waals surface area contributed by atoms with E-state index in [9.17, 15) is 4.39 Å². The average molecular weight is 326 g/mol. The Balaban J connectivity index is 1.79. The Hall–Kier alpha value is -1.75. The van der Waals surface area contributed by atoms with Crippen molar-refractivity contribution in [1.82, 2.24) is 0 Å². The quantitative estimate of drug-likeness (QED) is 0.674. The number of ether oxygens (including phenoxy) is 2. The van der Waals surface area contributed by atoms with Crippen LogP contribution in [0.2, 0.25) is 0 Å². The second-order valence-corrected chi connectivity index (χ2v) is 4.79. The summed E-state index contributed by atoms with van der Waals surface area (Å²) in [7, 11) is 0. The van der Waals surface area contributed by atoms with Crippen molar-refractivity contribution < 1.29 is 13.9 Å². The van der Waals surface area contributed by atoms with Crippen molar-refractivity contribution in [3.63, 3.8) is 0 Å². The Morgan fingerprint density at radius 3 is 2.21 bits per heavy atom. The molecule has 2 aromatic rings. The summed E-state index contributed by atoms with van der Waals surface area (Å²) in [6.45, 7) is 0.707. The molecule has 0 aliphatic rings. The van der Waals surface area contributed by atoms with Crippen molar-refractivity contribution in [2.45, 2.75) is 0 Å². The lowest BCUT2D eigenvalue weighted by Gasteiger charge is -2.09. The number of anilines is 1. The summed E-state index contributed by atoms with van der Waals surface area (Å²) >= 11 is 3.20. The monoisotopic (exact) mass is 325 g/mol. The molecule has 0 aliphatic carbocycles. The van der Waals surface area contributed by atoms with Gasteiger partial charge in [-0.1, -0.05) is 15.9 Å². The molecule has 0 saturated carbocycles. The molecule has 0 fully saturated rings. The van der Waals surface area contributed by atoms with E-state index in [2.05, 4.69) is 15.9 Å². The highest BCUT2D eigenvalue weighted by molar-refractivity contribution is 9.10. The SMILES string of the molecule is Nc1ccc(OCCOc2cc(F)cc(Br)c2)cc1. The Morgan fingerprint density at radius 1 is 0.947 bits per heavy atom. The third kappa shape index (κ3) is 4.44. The van der Waals surface area contributed by atoms with Crippen LogP contribution in [0.4, 0.5) is 10.1 Å². The van der Waals surface area contributed by atoms with Crippen molar-refractivity contribution in [2.75, 3.05) is 18.9 Å². The second kappa shape index (κ2) is 6.43. The van der Waals surface area contributed by atoms with E-state index in [1.54, 1.807) is 30.3 Å². The van der Waals surface area contributed by atoms with Crippen molar-refractivity contribution in [1.29, 1.82) is 0 Å². The van der Waals surface area contributed by atoms with Gasteiger partial charge in [0.1, 0.15) is 30.5 Å². The van der Waals surface area contributed by atoms with Gasteiger partial charge in [0.15, 0.2) is 0 Å². The van der Waals surface area contributed by atoms with Crippen LogP contribution in [0.3, 0.4) is 0 Å². The van der Waals surface area contributed by atoms with Crippen molar-refractivity contribution >= 4 is 21.6 Å². The van der Waals surface area contributed by atoms with Crippen LogP contribution in [0.15, 0.2) is 46.9 Å². The van der Waals surface area contributed by atoms with E-state index in [4.69, 9.17) is 15.2 Å². The fraction of sp³-hybridized carbons (Fsp3) is 0.143. The lowest BCUT2D eigenvalue weighted by molar-refractivity contribution is 0.216. The van der Waals surface area contributed by atoms with E-state index in [-0.39, 0.29) is 5.82 Å². The summed E-state index contributed by atoms with van der Waals surface area (Å²) in [5, 5.41) is 0. The maximum absolute atomic E-state index is 13.1. The summed E-state index contributed by atoms with van der Waals surface area (Å²) in [6.07, 6.45) is 0. The van der Waals surface area contributed by atoms with Crippen molar-refractivity contribution in [2.24, 2.45) is 0 Å². The highest BCUT2D eigenvalue weighted by Crippen LogP contribution is 2.20. The first-order valence-electron chi connectivity index (χ1n) is 5.71. The van der Waals surface area contributed by atoms with Crippen LogP contribution < -0.4 is 15.2 Å². The number of nitrogen functional groups attached to an aromatic ring is 1. The molecule has 0 atom stereocenters. The van der Waals surface area contributed by atoms with Crippen LogP contribution in [0.25, 0.3) is 0 Å². The van der Waals surface area contributed by atoms with Crippen LogP contribution in [-0.2, 0) is 0 Å². The summed E-state index contributed by atoms with van der Waals surface area (Å²) in [6, 6.07) is 11.5. The molecule has 0 radical (unpaired) electrons. The Kier molecular flexibility index (Phi) is 4.63. The molecule has 2 aromatic carbocycles. The van der Waals surface area contributed by atoms with Gasteiger partial charge in [-0.05, 0) is 36.4 Å². The molecule has 0 amide bonds. The molecule has 2 N–H and O–H groups in total. The molecule has 0 aromatic heterocycles. The number of rotatable bonds is 5. The van der Waals surface area contributed by atoms with Gasteiger partial charge in [0.2, 0.25) is 0 Å². The maximum atomic E-state index is 13.1. The molecule has 5 heteroatoms. The first-order chi connectivity index (χ1) is 9.13. The summed E-state index contributed by atoms with van der Waals surface area (Å²) < 4.78 is 24.6. The largest absolute Gasteiger partial charge is 0.490 e. The molecular weight excluding hydrogens is 313 g/mol. The van der Waals surface area contributed by atoms with Gasteiger partial charge in [0.05, 0.1) is 0 Å². The van der Waals surface area contributed by atoms with Crippen LogP contribution >= 0.6 is 15.9 Å². The van der Waals surface area contributed by atoms with Crippen LogP contribution in [-0.4, -0.2) is 13.2 Å². The van der Waals surface area contributed by atoms with Gasteiger partial charge in [-0.3, -0.25) is 0 Å². The van der Waals surface area contributed by atoms with Gasteiger partial charge in [-0.25, -0.2) is 4.39 Å². The predicted octanol–water partition coefficient (Wildman–Crippen LogP) is 3.63. The van der Waals surface area contributed by atoms with Crippen LogP contribution in [0, 0.1) is 5.82 Å². The van der Waals surface area contributed by atoms with E-state index >= 15 is 0 Å². The molecule has 19 heavy (non-hydrogen) atoms. The van der Waals surface area contributed by atoms with Crippen molar-refractivity contribution in [3.05, 3.63) is 52.8 Å². The van der Waals surface area contributed by atoms with Gasteiger partial charge < -0.3 is 15.2 Å². The zero-order valence-electron chi connectivity index (χ0n) is 10.1. The molecular formula is C14H13BrFNO2. The fourth-order valence-corrected chi connectivity index (χ4v) is 1.94. The minimum atomic E-state index is -0.344. The van der Waals surface area contributed by atoms with E-state index in [0.29, 0.717) is 29.1 Å². The lowest BCUT2D eigenvalue weighted by Crippen LogP contribution is -2.09. The summed E-state index contributed by atoms with van der Waals surface area (Å²) in [4.78, 5) is 0. The molecule has 100 valence electrons. The highest BCUT2D eigenvalue weighted by Gasteiger charge is 2.00. The number of nitrogens with two attached hydrogens (primary N) is 1. The number of benzene rings is 2. The lowest BCUT2D eigenvalue weighted by atomic mass is 10.3. The van der Waals surface area contributed by atoms with E-state index < -0.39 is 0 Å². The Bertz CT molecular complexity index is 525. The molecule has 0 unspecified atom stereocenters. The fourth-order valence-electron chi connectivity index (χ4n) is 1.49.